The van der Waals surface area contributed by atoms with Crippen LogP contribution in [0.4, 0.5) is 0 Å². The van der Waals surface area contributed by atoms with E-state index in [1.165, 1.54) is 24.3 Å². The van der Waals surface area contributed by atoms with Crippen molar-refractivity contribution in [2.45, 2.75) is 6.54 Å². The summed E-state index contributed by atoms with van der Waals surface area (Å²) in [5.74, 6) is -0.412. The van der Waals surface area contributed by atoms with E-state index in [1.807, 2.05) is 6.07 Å². The van der Waals surface area contributed by atoms with Crippen molar-refractivity contribution in [3.63, 3.8) is 0 Å². The van der Waals surface area contributed by atoms with Crippen LogP contribution in [0.25, 0.3) is 0 Å². The molecule has 2 aromatic rings. The average Bonchev–Trinajstić information content (AvgIpc) is 2.45. The predicted molar refractivity (Wildman–Crippen MR) is 67.4 cm³/mol. The minimum Gasteiger partial charge on any atom is -0.508 e. The van der Waals surface area contributed by atoms with E-state index in [1.54, 1.807) is 18.5 Å². The molecule has 0 radical (unpaired) electrons. The molecule has 0 aliphatic heterocycles. The molecule has 6 nitrogen and oxygen atoms in total. The van der Waals surface area contributed by atoms with Gasteiger partial charge in [0.25, 0.3) is 0 Å². The first-order valence-corrected chi connectivity index (χ1v) is 5.55. The molecular formula is C13H11N4O2+. The van der Waals surface area contributed by atoms with Gasteiger partial charge in [-0.25, -0.2) is 0 Å². The Bertz CT molecular complexity index is 617. The van der Waals surface area contributed by atoms with Crippen molar-refractivity contribution >= 4 is 5.91 Å². The zero-order valence-electron chi connectivity index (χ0n) is 9.97. The molecule has 0 aliphatic rings. The highest BCUT2D eigenvalue weighted by molar-refractivity contribution is 5.94. The van der Waals surface area contributed by atoms with Crippen molar-refractivity contribution in [3.8, 4) is 5.75 Å². The maximum Gasteiger partial charge on any atom is 0.360 e. The molecule has 0 saturated carbocycles. The Kier molecular flexibility index (Phi) is 4.10. The number of hydrogen-bond acceptors (Lipinski definition) is 4. The van der Waals surface area contributed by atoms with E-state index >= 15 is 0 Å². The first-order valence-electron chi connectivity index (χ1n) is 5.55. The average molecular weight is 255 g/mol. The fourth-order valence-electron chi connectivity index (χ4n) is 1.34. The number of amides is 1. The van der Waals surface area contributed by atoms with Crippen LogP contribution in [-0.2, 0) is 6.54 Å². The maximum absolute atomic E-state index is 11.6. The summed E-state index contributed by atoms with van der Waals surface area (Å²) in [5.41, 5.74) is 1.23. The van der Waals surface area contributed by atoms with E-state index in [2.05, 4.69) is 20.1 Å². The second-order valence-corrected chi connectivity index (χ2v) is 3.70. The summed E-state index contributed by atoms with van der Waals surface area (Å²) in [5, 5.41) is 16.3. The molecule has 1 N–H and O–H groups in total. The summed E-state index contributed by atoms with van der Waals surface area (Å²) in [6.45, 7) is 0.320. The minimum absolute atomic E-state index is 0.0924. The number of phenols is 1. The summed E-state index contributed by atoms with van der Waals surface area (Å²) in [6, 6.07) is 9.41. The van der Waals surface area contributed by atoms with E-state index < -0.39 is 5.91 Å². The molecule has 2 rings (SSSR count). The van der Waals surface area contributed by atoms with Gasteiger partial charge >= 0.3 is 5.91 Å². The molecule has 1 heterocycles. The van der Waals surface area contributed by atoms with Crippen LogP contribution in [0.15, 0.2) is 59.0 Å². The third-order valence-corrected chi connectivity index (χ3v) is 2.29. The number of nitrogens with zero attached hydrogens (tertiary/aromatic N) is 4. The van der Waals surface area contributed by atoms with E-state index in [0.717, 1.165) is 5.56 Å². The molecule has 0 aliphatic carbocycles. The van der Waals surface area contributed by atoms with Crippen LogP contribution in [0.3, 0.4) is 0 Å². The topological polar surface area (TPSA) is 89.0 Å². The second-order valence-electron chi connectivity index (χ2n) is 3.70. The monoisotopic (exact) mass is 255 g/mol. The molecule has 19 heavy (non-hydrogen) atoms. The molecule has 0 fully saturated rings. The van der Waals surface area contributed by atoms with Gasteiger partial charge in [0.05, 0.1) is 0 Å². The van der Waals surface area contributed by atoms with Gasteiger partial charge < -0.3 is 5.11 Å². The van der Waals surface area contributed by atoms with Crippen molar-refractivity contribution < 1.29 is 9.90 Å². The van der Waals surface area contributed by atoms with E-state index in [4.69, 9.17) is 5.11 Å². The molecule has 0 atom stereocenters. The molecule has 1 amide bonds. The molecule has 0 saturated heterocycles. The largest absolute Gasteiger partial charge is 0.508 e. The Morgan fingerprint density at radius 1 is 1.26 bits per heavy atom. The Morgan fingerprint density at radius 2 is 2.05 bits per heavy atom. The first kappa shape index (κ1) is 12.6. The third-order valence-electron chi connectivity index (χ3n) is 2.29. The van der Waals surface area contributed by atoms with Gasteiger partial charge in [-0.3, -0.25) is 9.78 Å². The highest BCUT2D eigenvalue weighted by Gasteiger charge is 2.08. The number of carbonyl (C=O) groups is 1. The maximum atomic E-state index is 11.6. The molecule has 94 valence electrons. The number of carbonyl (C=O) groups excluding carboxylic acids is 1. The number of rotatable bonds is 3. The first-order chi connectivity index (χ1) is 9.25. The normalized spacial score (nSPS) is 9.47. The van der Waals surface area contributed by atoms with Crippen molar-refractivity contribution in [1.29, 1.82) is 0 Å². The standard InChI is InChI=1S/C13H10N4O2/c18-12-5-3-11(4-6-12)13(19)16-17-15-9-10-2-1-7-14-8-10/h1-8H,9H2/p+1. The third kappa shape index (κ3) is 3.83. The Morgan fingerprint density at radius 3 is 2.74 bits per heavy atom. The summed E-state index contributed by atoms with van der Waals surface area (Å²) in [7, 11) is 0. The number of phenolic OH excluding ortho intramolecular Hbond substituents is 1. The highest BCUT2D eigenvalue weighted by atomic mass is 16.3. The van der Waals surface area contributed by atoms with E-state index in [9.17, 15) is 4.79 Å². The van der Waals surface area contributed by atoms with Gasteiger partial charge in [-0.1, -0.05) is 6.07 Å². The zero-order chi connectivity index (χ0) is 13.5. The summed E-state index contributed by atoms with van der Waals surface area (Å²) in [6.07, 6.45) is 3.33. The number of benzene rings is 1. The number of aromatic hydroxyl groups is 1. The molecule has 1 aromatic heterocycles. The second kappa shape index (κ2) is 6.18. The smallest absolute Gasteiger partial charge is 0.360 e. The van der Waals surface area contributed by atoms with Crippen LogP contribution < -0.4 is 4.91 Å². The van der Waals surface area contributed by atoms with Gasteiger partial charge in [0.2, 0.25) is 10.0 Å². The Balaban J connectivity index is 1.98. The van der Waals surface area contributed by atoms with Crippen LogP contribution in [0.5, 0.6) is 5.75 Å². The summed E-state index contributed by atoms with van der Waals surface area (Å²) < 4.78 is 0. The van der Waals surface area contributed by atoms with E-state index in [-0.39, 0.29) is 5.75 Å². The SMILES string of the molecule is O=C(N=[N+]=NCc1cccnc1)c1ccc(O)cc1. The van der Waals surface area contributed by atoms with E-state index in [0.29, 0.717) is 12.1 Å². The number of pyridine rings is 1. The van der Waals surface area contributed by atoms with Gasteiger partial charge in [0.15, 0.2) is 0 Å². The van der Waals surface area contributed by atoms with Crippen molar-refractivity contribution in [3.05, 3.63) is 59.9 Å². The fraction of sp³-hybridized carbons (Fsp3) is 0.0769. The van der Waals surface area contributed by atoms with Crippen LogP contribution in [0, 0.1) is 0 Å². The lowest BCUT2D eigenvalue weighted by molar-refractivity contribution is 0.0992. The lowest BCUT2D eigenvalue weighted by atomic mass is 10.2. The van der Waals surface area contributed by atoms with Gasteiger partial charge in [-0.05, 0) is 35.9 Å². The molecule has 0 unspecified atom stereocenters. The van der Waals surface area contributed by atoms with Crippen LogP contribution >= 0.6 is 0 Å². The summed E-state index contributed by atoms with van der Waals surface area (Å²) >= 11 is 0. The van der Waals surface area contributed by atoms with Crippen molar-refractivity contribution in [1.82, 2.24) is 9.90 Å². The van der Waals surface area contributed by atoms with Gasteiger partial charge in [0, 0.05) is 18.0 Å². The molecular weight excluding hydrogens is 244 g/mol. The number of hydrogen-bond donors (Lipinski definition) is 1. The highest BCUT2D eigenvalue weighted by Crippen LogP contribution is 2.10. The Labute approximate surface area is 109 Å². The van der Waals surface area contributed by atoms with Crippen molar-refractivity contribution in [2.75, 3.05) is 0 Å². The molecule has 6 heteroatoms. The number of aromatic nitrogens is 1. The van der Waals surface area contributed by atoms with Gasteiger partial charge in [-0.15, -0.1) is 0 Å². The minimum atomic E-state index is -0.505. The molecule has 0 spiro atoms. The quantitative estimate of drug-likeness (QED) is 0.672. The Hall–Kier alpha value is -2.85. The lowest BCUT2D eigenvalue weighted by Crippen LogP contribution is -1.94. The fourth-order valence-corrected chi connectivity index (χ4v) is 1.34. The summed E-state index contributed by atoms with van der Waals surface area (Å²) in [4.78, 5) is 19.0. The van der Waals surface area contributed by atoms with Crippen molar-refractivity contribution in [2.24, 2.45) is 10.2 Å². The molecule has 1 aromatic carbocycles. The lowest BCUT2D eigenvalue weighted by Gasteiger charge is -1.90. The predicted octanol–water partition coefficient (Wildman–Crippen LogP) is 2.10. The zero-order valence-corrected chi connectivity index (χ0v) is 9.97. The molecule has 0 bridgehead atoms. The van der Waals surface area contributed by atoms with Crippen LogP contribution in [0.1, 0.15) is 15.9 Å². The van der Waals surface area contributed by atoms with Gasteiger partial charge in [-0.2, -0.15) is 0 Å². The van der Waals surface area contributed by atoms with Gasteiger partial charge in [0.1, 0.15) is 17.4 Å². The van der Waals surface area contributed by atoms with Crippen LogP contribution in [0.2, 0.25) is 0 Å². The van der Waals surface area contributed by atoms with Crippen LogP contribution in [-0.4, -0.2) is 16.0 Å².